The first-order valence-corrected chi connectivity index (χ1v) is 11.6. The zero-order valence-corrected chi connectivity index (χ0v) is 18.7. The van der Waals surface area contributed by atoms with Gasteiger partial charge in [0.15, 0.2) is 23.0 Å². The maximum atomic E-state index is 13.1. The van der Waals surface area contributed by atoms with Crippen LogP contribution in [0.15, 0.2) is 36.4 Å². The summed E-state index contributed by atoms with van der Waals surface area (Å²) >= 11 is 0. The molecule has 2 aromatic carbocycles. The molecule has 4 heterocycles. The summed E-state index contributed by atoms with van der Waals surface area (Å²) in [5.41, 5.74) is 1.56. The number of benzene rings is 2. The number of ether oxygens (including phenoxy) is 5. The van der Waals surface area contributed by atoms with E-state index in [0.717, 1.165) is 29.9 Å². The Hall–Kier alpha value is -3.46. The van der Waals surface area contributed by atoms with E-state index >= 15 is 0 Å². The lowest BCUT2D eigenvalue weighted by Gasteiger charge is -2.38. The number of nitrogens with one attached hydrogen (secondary N) is 1. The number of fused-ring (bicyclic) bond motifs is 2. The molecule has 1 unspecified atom stereocenters. The van der Waals surface area contributed by atoms with Crippen molar-refractivity contribution in [3.63, 3.8) is 0 Å². The first-order valence-electron chi connectivity index (χ1n) is 11.6. The number of amides is 2. The summed E-state index contributed by atoms with van der Waals surface area (Å²) in [6.07, 6.45) is 1.76. The summed E-state index contributed by atoms with van der Waals surface area (Å²) < 4.78 is 27.4. The topological polar surface area (TPSA) is 95.6 Å². The van der Waals surface area contributed by atoms with E-state index < -0.39 is 5.92 Å². The van der Waals surface area contributed by atoms with Crippen LogP contribution in [0.2, 0.25) is 0 Å². The molecule has 0 aromatic heterocycles. The second kappa shape index (κ2) is 8.39. The Kier molecular flexibility index (Phi) is 5.21. The third-order valence-corrected chi connectivity index (χ3v) is 7.20. The van der Waals surface area contributed by atoms with Gasteiger partial charge in [-0.1, -0.05) is 6.07 Å². The molecule has 0 spiro atoms. The van der Waals surface area contributed by atoms with Crippen molar-refractivity contribution in [2.24, 2.45) is 5.92 Å². The van der Waals surface area contributed by atoms with Crippen molar-refractivity contribution in [3.8, 4) is 23.0 Å². The van der Waals surface area contributed by atoms with Crippen molar-refractivity contribution in [2.45, 2.75) is 24.7 Å². The molecule has 178 valence electrons. The van der Waals surface area contributed by atoms with Gasteiger partial charge in [-0.2, -0.15) is 0 Å². The van der Waals surface area contributed by atoms with Gasteiger partial charge in [0.1, 0.15) is 0 Å². The quantitative estimate of drug-likeness (QED) is 0.723. The van der Waals surface area contributed by atoms with Gasteiger partial charge in [-0.25, -0.2) is 0 Å². The third kappa shape index (κ3) is 3.69. The fourth-order valence-electron chi connectivity index (χ4n) is 5.14. The molecular weight excluding hydrogens is 440 g/mol. The smallest absolute Gasteiger partial charge is 0.231 e. The van der Waals surface area contributed by atoms with Gasteiger partial charge in [0.05, 0.1) is 5.92 Å². The zero-order chi connectivity index (χ0) is 23.1. The molecule has 2 fully saturated rings. The molecule has 9 heteroatoms. The summed E-state index contributed by atoms with van der Waals surface area (Å²) in [4.78, 5) is 27.5. The minimum absolute atomic E-state index is 0.0736. The summed E-state index contributed by atoms with van der Waals surface area (Å²) in [5.74, 6) is 2.15. The van der Waals surface area contributed by atoms with Crippen LogP contribution in [0.1, 0.15) is 24.8 Å². The first-order chi connectivity index (χ1) is 16.6. The van der Waals surface area contributed by atoms with Crippen molar-refractivity contribution < 1.29 is 33.3 Å². The van der Waals surface area contributed by atoms with Gasteiger partial charge in [0.25, 0.3) is 0 Å². The zero-order valence-electron chi connectivity index (χ0n) is 18.7. The van der Waals surface area contributed by atoms with Crippen molar-refractivity contribution in [2.75, 3.05) is 44.8 Å². The highest BCUT2D eigenvalue weighted by molar-refractivity contribution is 6.00. The Morgan fingerprint density at radius 1 is 0.941 bits per heavy atom. The summed E-state index contributed by atoms with van der Waals surface area (Å²) in [6, 6.07) is 11.4. The molecule has 1 atom stereocenters. The Labute approximate surface area is 196 Å². The van der Waals surface area contributed by atoms with E-state index in [0.29, 0.717) is 43.5 Å². The van der Waals surface area contributed by atoms with E-state index in [1.807, 2.05) is 24.3 Å². The van der Waals surface area contributed by atoms with Gasteiger partial charge in [0.2, 0.25) is 25.4 Å². The van der Waals surface area contributed by atoms with Crippen molar-refractivity contribution >= 4 is 17.5 Å². The maximum Gasteiger partial charge on any atom is 0.231 e. The molecule has 34 heavy (non-hydrogen) atoms. The number of hydrogen-bond acceptors (Lipinski definition) is 7. The Morgan fingerprint density at radius 3 is 2.38 bits per heavy atom. The number of carbonyl (C=O) groups is 2. The van der Waals surface area contributed by atoms with Crippen molar-refractivity contribution in [3.05, 3.63) is 42.0 Å². The molecule has 1 N–H and O–H groups in total. The van der Waals surface area contributed by atoms with E-state index in [-0.39, 0.29) is 37.2 Å². The molecule has 6 rings (SSSR count). The molecule has 2 saturated heterocycles. The maximum absolute atomic E-state index is 13.1. The molecule has 4 aliphatic rings. The average molecular weight is 466 g/mol. The molecule has 2 amide bonds. The Morgan fingerprint density at radius 2 is 1.62 bits per heavy atom. The molecule has 9 nitrogen and oxygen atoms in total. The van der Waals surface area contributed by atoms with Crippen LogP contribution < -0.4 is 29.2 Å². The largest absolute Gasteiger partial charge is 0.454 e. The van der Waals surface area contributed by atoms with Crippen LogP contribution in [-0.4, -0.2) is 51.7 Å². The van der Waals surface area contributed by atoms with Crippen LogP contribution in [0.4, 0.5) is 5.69 Å². The van der Waals surface area contributed by atoms with E-state index in [1.54, 1.807) is 17.0 Å². The molecule has 0 radical (unpaired) electrons. The molecule has 0 saturated carbocycles. The predicted molar refractivity (Wildman–Crippen MR) is 120 cm³/mol. The van der Waals surface area contributed by atoms with Gasteiger partial charge < -0.3 is 33.9 Å². The fraction of sp³-hybridized carbons (Fsp3) is 0.440. The van der Waals surface area contributed by atoms with Gasteiger partial charge in [0, 0.05) is 49.9 Å². The lowest BCUT2D eigenvalue weighted by molar-refractivity contribution is -0.126. The minimum atomic E-state index is -0.411. The molecule has 4 aliphatic heterocycles. The highest BCUT2D eigenvalue weighted by atomic mass is 16.7. The van der Waals surface area contributed by atoms with E-state index in [9.17, 15) is 9.59 Å². The summed E-state index contributed by atoms with van der Waals surface area (Å²) in [6.45, 7) is 2.47. The summed E-state index contributed by atoms with van der Waals surface area (Å²) in [5, 5.41) is 3.15. The van der Waals surface area contributed by atoms with Gasteiger partial charge >= 0.3 is 0 Å². The number of nitrogens with zero attached hydrogens (tertiary/aromatic N) is 1. The average Bonchev–Trinajstić information content (AvgIpc) is 3.61. The van der Waals surface area contributed by atoms with Crippen LogP contribution in [0.5, 0.6) is 23.0 Å². The second-order valence-corrected chi connectivity index (χ2v) is 9.12. The van der Waals surface area contributed by atoms with Crippen LogP contribution >= 0.6 is 0 Å². The Balaban J connectivity index is 1.15. The molecule has 0 aliphatic carbocycles. The normalized spacial score (nSPS) is 22.2. The molecule has 0 bridgehead atoms. The third-order valence-electron chi connectivity index (χ3n) is 7.20. The SMILES string of the molecule is O=C(NCC1(c2ccc3c(c2)OCO3)CCOCC1)C1CC(=O)N(c2ccc3c(c2)OCO3)C1. The monoisotopic (exact) mass is 466 g/mol. The lowest BCUT2D eigenvalue weighted by atomic mass is 9.74. The van der Waals surface area contributed by atoms with Gasteiger partial charge in [-0.3, -0.25) is 9.59 Å². The van der Waals surface area contributed by atoms with Crippen molar-refractivity contribution in [1.82, 2.24) is 5.32 Å². The summed E-state index contributed by atoms with van der Waals surface area (Å²) in [7, 11) is 0. The van der Waals surface area contributed by atoms with Crippen LogP contribution in [0.25, 0.3) is 0 Å². The lowest BCUT2D eigenvalue weighted by Crippen LogP contribution is -2.46. The number of anilines is 1. The van der Waals surface area contributed by atoms with Gasteiger partial charge in [-0.05, 0) is 42.7 Å². The first kappa shape index (κ1) is 21.1. The minimum Gasteiger partial charge on any atom is -0.454 e. The molecule has 2 aromatic rings. The standard InChI is InChI=1S/C25H26N2O7/c28-23-9-16(12-27(23)18-2-4-20-22(11-18)34-15-32-20)24(29)26-13-25(5-7-30-8-6-25)17-1-3-19-21(10-17)33-14-31-19/h1-4,10-11,16H,5-9,12-15H2,(H,26,29). The number of rotatable bonds is 5. The highest BCUT2D eigenvalue weighted by Crippen LogP contribution is 2.41. The van der Waals surface area contributed by atoms with E-state index in [2.05, 4.69) is 5.32 Å². The highest BCUT2D eigenvalue weighted by Gasteiger charge is 2.39. The van der Waals surface area contributed by atoms with Gasteiger partial charge in [-0.15, -0.1) is 0 Å². The molecular formula is C25H26N2O7. The number of carbonyl (C=O) groups excluding carboxylic acids is 2. The Bertz CT molecular complexity index is 1130. The fourth-order valence-corrected chi connectivity index (χ4v) is 5.14. The number of hydrogen-bond donors (Lipinski definition) is 1. The van der Waals surface area contributed by atoms with Crippen molar-refractivity contribution in [1.29, 1.82) is 0 Å². The predicted octanol–water partition coefficient (Wildman–Crippen LogP) is 2.36. The van der Waals surface area contributed by atoms with E-state index in [4.69, 9.17) is 23.7 Å². The van der Waals surface area contributed by atoms with E-state index in [1.165, 1.54) is 0 Å². The second-order valence-electron chi connectivity index (χ2n) is 9.12. The van der Waals surface area contributed by atoms with Crippen LogP contribution in [-0.2, 0) is 19.7 Å². The van der Waals surface area contributed by atoms with Crippen LogP contribution in [0, 0.1) is 5.92 Å². The van der Waals surface area contributed by atoms with Crippen LogP contribution in [0.3, 0.4) is 0 Å².